The summed E-state index contributed by atoms with van der Waals surface area (Å²) in [5, 5.41) is 13.7. The van der Waals surface area contributed by atoms with Crippen LogP contribution in [0, 0.1) is 5.82 Å². The van der Waals surface area contributed by atoms with Crippen LogP contribution in [0.2, 0.25) is 0 Å². The molecule has 2 heterocycles. The van der Waals surface area contributed by atoms with Crippen LogP contribution in [0.5, 0.6) is 0 Å². The van der Waals surface area contributed by atoms with E-state index >= 15 is 0 Å². The number of nitrogens with zero attached hydrogens (tertiary/aromatic N) is 4. The van der Waals surface area contributed by atoms with Crippen LogP contribution in [-0.2, 0) is 12.6 Å². The lowest BCUT2D eigenvalue weighted by atomic mass is 10.0. The van der Waals surface area contributed by atoms with Crippen molar-refractivity contribution in [2.75, 3.05) is 0 Å². The SMILES string of the molecule is O=C(O)c1nn(-c2nccc(C(F)(F)F)n2)c2c1CCCC/C2=C\c1ccc(F)cc1. The second-order valence-corrected chi connectivity index (χ2v) is 7.06. The van der Waals surface area contributed by atoms with Gasteiger partial charge in [-0.25, -0.2) is 19.2 Å². The smallest absolute Gasteiger partial charge is 0.433 e. The zero-order valence-corrected chi connectivity index (χ0v) is 16.0. The lowest BCUT2D eigenvalue weighted by Gasteiger charge is -2.11. The molecule has 0 bridgehead atoms. The minimum Gasteiger partial charge on any atom is -0.476 e. The molecule has 0 saturated carbocycles. The summed E-state index contributed by atoms with van der Waals surface area (Å²) in [6.07, 6.45) is 0.378. The van der Waals surface area contributed by atoms with Crippen molar-refractivity contribution >= 4 is 17.6 Å². The van der Waals surface area contributed by atoms with Gasteiger partial charge in [0, 0.05) is 11.8 Å². The van der Waals surface area contributed by atoms with E-state index in [4.69, 9.17) is 0 Å². The summed E-state index contributed by atoms with van der Waals surface area (Å²) in [6.45, 7) is 0. The molecule has 1 aliphatic carbocycles. The Morgan fingerprint density at radius 1 is 1.10 bits per heavy atom. The Bertz CT molecular complexity index is 1170. The highest BCUT2D eigenvalue weighted by Crippen LogP contribution is 2.35. The first-order valence-electron chi connectivity index (χ1n) is 9.46. The third-order valence-electron chi connectivity index (χ3n) is 4.95. The quantitative estimate of drug-likeness (QED) is 0.476. The third-order valence-corrected chi connectivity index (χ3v) is 4.95. The second kappa shape index (κ2) is 7.93. The summed E-state index contributed by atoms with van der Waals surface area (Å²) in [5.74, 6) is -2.06. The topological polar surface area (TPSA) is 80.9 Å². The number of fused-ring (bicyclic) bond motifs is 1. The van der Waals surface area contributed by atoms with E-state index in [0.29, 0.717) is 41.7 Å². The largest absolute Gasteiger partial charge is 0.476 e. The highest BCUT2D eigenvalue weighted by molar-refractivity contribution is 5.91. The van der Waals surface area contributed by atoms with Gasteiger partial charge in [0.25, 0.3) is 5.95 Å². The summed E-state index contributed by atoms with van der Waals surface area (Å²) in [5.41, 5.74) is 0.705. The molecule has 0 radical (unpaired) electrons. The standard InChI is InChI=1S/C21H16F4N4O2/c22-14-7-5-12(6-8-14)11-13-3-1-2-4-15-17(19(30)31)28-29(18(13)15)20-26-10-9-16(27-20)21(23,24)25/h5-11H,1-4H2,(H,30,31)/b13-11+. The first-order valence-corrected chi connectivity index (χ1v) is 9.46. The molecule has 31 heavy (non-hydrogen) atoms. The summed E-state index contributed by atoms with van der Waals surface area (Å²) in [7, 11) is 0. The molecule has 0 unspecified atom stereocenters. The third kappa shape index (κ3) is 4.18. The molecule has 0 aliphatic heterocycles. The summed E-state index contributed by atoms with van der Waals surface area (Å²) < 4.78 is 53.8. The Morgan fingerprint density at radius 2 is 1.81 bits per heavy atom. The van der Waals surface area contributed by atoms with Gasteiger partial charge in [-0.3, -0.25) is 0 Å². The highest BCUT2D eigenvalue weighted by Gasteiger charge is 2.34. The van der Waals surface area contributed by atoms with Crippen molar-refractivity contribution in [2.45, 2.75) is 31.9 Å². The summed E-state index contributed by atoms with van der Waals surface area (Å²) >= 11 is 0. The maximum absolute atomic E-state index is 13.3. The van der Waals surface area contributed by atoms with Gasteiger partial charge in [-0.15, -0.1) is 0 Å². The van der Waals surface area contributed by atoms with Gasteiger partial charge in [0.1, 0.15) is 11.5 Å². The zero-order chi connectivity index (χ0) is 22.2. The van der Waals surface area contributed by atoms with Crippen molar-refractivity contribution < 1.29 is 27.5 Å². The Morgan fingerprint density at radius 3 is 2.48 bits per heavy atom. The predicted octanol–water partition coefficient (Wildman–Crippen LogP) is 4.79. The summed E-state index contributed by atoms with van der Waals surface area (Å²) in [4.78, 5) is 19.3. The number of hydrogen-bond donors (Lipinski definition) is 1. The van der Waals surface area contributed by atoms with E-state index in [9.17, 15) is 27.5 Å². The van der Waals surface area contributed by atoms with Gasteiger partial charge >= 0.3 is 12.1 Å². The molecule has 4 rings (SSSR count). The monoisotopic (exact) mass is 432 g/mol. The van der Waals surface area contributed by atoms with Gasteiger partial charge < -0.3 is 5.11 Å². The van der Waals surface area contributed by atoms with Crippen LogP contribution in [0.3, 0.4) is 0 Å². The van der Waals surface area contributed by atoms with Crippen LogP contribution >= 0.6 is 0 Å². The van der Waals surface area contributed by atoms with E-state index in [-0.39, 0.29) is 11.6 Å². The van der Waals surface area contributed by atoms with Crippen LogP contribution < -0.4 is 0 Å². The van der Waals surface area contributed by atoms with Gasteiger partial charge in [-0.2, -0.15) is 23.0 Å². The van der Waals surface area contributed by atoms with E-state index in [1.165, 1.54) is 12.1 Å². The van der Waals surface area contributed by atoms with Gasteiger partial charge in [0.05, 0.1) is 5.69 Å². The Kier molecular flexibility index (Phi) is 5.30. The number of carboxylic acids is 1. The molecule has 0 saturated heterocycles. The fourth-order valence-electron chi connectivity index (χ4n) is 3.58. The molecule has 0 spiro atoms. The predicted molar refractivity (Wildman–Crippen MR) is 103 cm³/mol. The fourth-order valence-corrected chi connectivity index (χ4v) is 3.58. The van der Waals surface area contributed by atoms with Crippen molar-refractivity contribution in [1.29, 1.82) is 0 Å². The molecule has 0 amide bonds. The maximum Gasteiger partial charge on any atom is 0.433 e. The van der Waals surface area contributed by atoms with Gasteiger partial charge in [0.15, 0.2) is 5.69 Å². The minimum atomic E-state index is -4.69. The van der Waals surface area contributed by atoms with Gasteiger partial charge in [0.2, 0.25) is 0 Å². The second-order valence-electron chi connectivity index (χ2n) is 7.06. The molecule has 3 aromatic rings. The van der Waals surface area contributed by atoms with Crippen LogP contribution in [0.1, 0.15) is 52.3 Å². The van der Waals surface area contributed by atoms with Crippen molar-refractivity contribution in [3.8, 4) is 5.95 Å². The Balaban J connectivity index is 1.94. The van der Waals surface area contributed by atoms with Crippen molar-refractivity contribution in [3.05, 3.63) is 70.6 Å². The molecule has 1 aliphatic rings. The highest BCUT2D eigenvalue weighted by atomic mass is 19.4. The number of aromatic nitrogens is 4. The minimum absolute atomic E-state index is 0.247. The molecular weight excluding hydrogens is 416 g/mol. The number of aromatic carboxylic acids is 1. The first kappa shape index (κ1) is 20.7. The van der Waals surface area contributed by atoms with Crippen LogP contribution in [0.25, 0.3) is 17.6 Å². The van der Waals surface area contributed by atoms with E-state index in [1.54, 1.807) is 18.2 Å². The number of hydrogen-bond acceptors (Lipinski definition) is 4. The number of carboxylic acid groups (broad SMARTS) is 1. The number of carbonyl (C=O) groups is 1. The first-order chi connectivity index (χ1) is 14.7. The molecule has 6 nitrogen and oxygen atoms in total. The average molecular weight is 432 g/mol. The number of rotatable bonds is 3. The van der Waals surface area contributed by atoms with E-state index < -0.39 is 23.7 Å². The maximum atomic E-state index is 13.3. The number of benzene rings is 1. The number of halogens is 4. The van der Waals surface area contributed by atoms with E-state index in [0.717, 1.165) is 23.4 Å². The normalized spacial score (nSPS) is 15.5. The molecule has 0 atom stereocenters. The average Bonchev–Trinajstić information content (AvgIpc) is 2.99. The van der Waals surface area contributed by atoms with Gasteiger partial charge in [-0.1, -0.05) is 12.1 Å². The van der Waals surface area contributed by atoms with Crippen LogP contribution in [0.15, 0.2) is 36.5 Å². The van der Waals surface area contributed by atoms with Crippen LogP contribution in [0.4, 0.5) is 17.6 Å². The zero-order valence-electron chi connectivity index (χ0n) is 16.0. The molecule has 1 aromatic carbocycles. The van der Waals surface area contributed by atoms with Crippen molar-refractivity contribution in [2.24, 2.45) is 0 Å². The molecule has 0 fully saturated rings. The Labute approximate surface area is 173 Å². The number of alkyl halides is 3. The lowest BCUT2D eigenvalue weighted by Crippen LogP contribution is -2.14. The summed E-state index contributed by atoms with van der Waals surface area (Å²) in [6, 6.07) is 6.44. The van der Waals surface area contributed by atoms with Gasteiger partial charge in [-0.05, 0) is 61.1 Å². The molecule has 2 aromatic heterocycles. The van der Waals surface area contributed by atoms with Crippen molar-refractivity contribution in [1.82, 2.24) is 19.7 Å². The van der Waals surface area contributed by atoms with Crippen LogP contribution in [-0.4, -0.2) is 30.8 Å². The molecule has 1 N–H and O–H groups in total. The fraction of sp³-hybridized carbons (Fsp3) is 0.238. The lowest BCUT2D eigenvalue weighted by molar-refractivity contribution is -0.141. The molecular formula is C21H16F4N4O2. The van der Waals surface area contributed by atoms with E-state index in [2.05, 4.69) is 15.1 Å². The molecule has 160 valence electrons. The van der Waals surface area contributed by atoms with E-state index in [1.807, 2.05) is 0 Å². The van der Waals surface area contributed by atoms with Crippen molar-refractivity contribution in [3.63, 3.8) is 0 Å². The molecule has 10 heteroatoms. The number of allylic oxidation sites excluding steroid dienone is 1. The Hall–Kier alpha value is -3.56.